The molecular weight excluding hydrogens is 600 g/mol. The highest BCUT2D eigenvalue weighted by atomic mass is 32.2. The van der Waals surface area contributed by atoms with Crippen molar-refractivity contribution in [3.63, 3.8) is 0 Å². The molecule has 0 radical (unpaired) electrons. The summed E-state index contributed by atoms with van der Waals surface area (Å²) in [5.74, 6) is -3.05. The van der Waals surface area contributed by atoms with Gasteiger partial charge < -0.3 is 53.5 Å². The molecule has 0 aliphatic heterocycles. The molecule has 0 aromatic carbocycles. The number of ether oxygens (including phenoxy) is 3. The molecule has 0 aromatic heterocycles. The molecule has 0 aliphatic carbocycles. The number of aldehydes is 1. The van der Waals surface area contributed by atoms with Gasteiger partial charge in [0.25, 0.3) is 15.9 Å². The van der Waals surface area contributed by atoms with Crippen LogP contribution in [0.2, 0.25) is 0 Å². The van der Waals surface area contributed by atoms with E-state index in [9.17, 15) is 36.0 Å². The molecule has 0 saturated heterocycles. The molecule has 0 rings (SSSR count). The van der Waals surface area contributed by atoms with E-state index in [0.29, 0.717) is 0 Å². The molecule has 0 aliphatic rings. The number of hydrogen-bond donors (Lipinski definition) is 9. The molecule has 20 nitrogen and oxygen atoms in total. The second-order valence-electron chi connectivity index (χ2n) is 5.10. The number of methoxy groups -OCH3 is 1. The Bertz CT molecular complexity index is 774. The Hall–Kier alpha value is -1.68. The molecule has 8 unspecified atom stereocenters. The van der Waals surface area contributed by atoms with Crippen molar-refractivity contribution < 1.29 is 83.8 Å². The highest BCUT2D eigenvalue weighted by molar-refractivity contribution is 7.81. The lowest BCUT2D eigenvalue weighted by molar-refractivity contribution is -0.148. The molecule has 0 bridgehead atoms. The molecule has 37 heavy (non-hydrogen) atoms. The zero-order chi connectivity index (χ0) is 30.5. The molecular formula is C13H28N2O18S4. The van der Waals surface area contributed by atoms with E-state index in [4.69, 9.17) is 39.3 Å². The van der Waals surface area contributed by atoms with Crippen molar-refractivity contribution in [3.8, 4) is 0 Å². The van der Waals surface area contributed by atoms with Gasteiger partial charge in [-0.25, -0.2) is 31.2 Å². The topological polar surface area (TPSA) is 358 Å². The molecule has 0 aromatic rings. The molecule has 0 amide bonds. The summed E-state index contributed by atoms with van der Waals surface area (Å²) in [4.78, 5) is 40.5. The third-order valence-corrected chi connectivity index (χ3v) is 4.89. The smallest absolute Gasteiger partial charge is 0.350 e. The number of nitrogens with two attached hydrogens (primary N) is 2. The van der Waals surface area contributed by atoms with Gasteiger partial charge in [0.05, 0.1) is 20.3 Å². The van der Waals surface area contributed by atoms with Crippen molar-refractivity contribution >= 4 is 68.5 Å². The van der Waals surface area contributed by atoms with Gasteiger partial charge in [0.2, 0.25) is 16.5 Å². The van der Waals surface area contributed by atoms with Crippen LogP contribution in [-0.2, 0) is 77.7 Å². The number of esters is 3. The monoisotopic (exact) mass is 628 g/mol. The largest absolute Gasteiger partial charge is 0.466 e. The van der Waals surface area contributed by atoms with E-state index in [1.165, 1.54) is 6.92 Å². The van der Waals surface area contributed by atoms with E-state index < -0.39 is 83.5 Å². The van der Waals surface area contributed by atoms with Crippen LogP contribution in [0, 0.1) is 0 Å². The number of aliphatic hydroxyl groups is 3. The Kier molecular flexibility index (Phi) is 26.9. The molecule has 0 heterocycles. The summed E-state index contributed by atoms with van der Waals surface area (Å²) < 4.78 is 84.6. The second-order valence-corrected chi connectivity index (χ2v) is 9.31. The number of carbonyl (C=O) groups is 4. The van der Waals surface area contributed by atoms with Crippen LogP contribution < -0.4 is 11.5 Å². The van der Waals surface area contributed by atoms with E-state index in [1.54, 1.807) is 6.92 Å². The summed E-state index contributed by atoms with van der Waals surface area (Å²) in [6.07, 6.45) is -0.205. The van der Waals surface area contributed by atoms with E-state index in [0.717, 1.165) is 7.11 Å². The van der Waals surface area contributed by atoms with Gasteiger partial charge in [-0.05, 0) is 13.8 Å². The number of carbonyl (C=O) groups excluding carboxylic acids is 4. The second kappa shape index (κ2) is 23.4. The third kappa shape index (κ3) is 23.2. The van der Waals surface area contributed by atoms with Crippen LogP contribution in [0.1, 0.15) is 13.8 Å². The van der Waals surface area contributed by atoms with Crippen LogP contribution in [0.25, 0.3) is 0 Å². The van der Waals surface area contributed by atoms with Crippen LogP contribution in [0.4, 0.5) is 0 Å². The Labute approximate surface area is 219 Å². The molecule has 11 N–H and O–H groups in total. The standard InChI is InChI=1S/C4H9NO4S.C4H8O5S.C3H6O5S.C2H5NO4S/c1-2-9-4(6)3(5)10(7)8;1-2-9-3(5)4(6)10(7)8;1-8-2(4)3(5)9(6)7;3-2(5,1-4)8(6)7/h3H,2,5H2,1H3,(H,7,8);4,6H,2H2,1H3,(H,7,8);3,5H,1H3,(H,6,7);1,5H,3H2,(H,6,7). The van der Waals surface area contributed by atoms with Crippen molar-refractivity contribution in [2.24, 2.45) is 11.5 Å². The molecule has 0 fully saturated rings. The van der Waals surface area contributed by atoms with E-state index in [-0.39, 0.29) is 19.5 Å². The molecule has 0 spiro atoms. The number of aliphatic hydroxyl groups excluding tert-OH is 2. The molecule has 24 heteroatoms. The van der Waals surface area contributed by atoms with Gasteiger partial charge in [0.1, 0.15) is 0 Å². The maximum Gasteiger partial charge on any atom is 0.350 e. The van der Waals surface area contributed by atoms with Crippen LogP contribution >= 0.6 is 0 Å². The summed E-state index contributed by atoms with van der Waals surface area (Å²) in [5.41, 5.74) is 5.52. The Morgan fingerprint density at radius 3 is 1.38 bits per heavy atom. The summed E-state index contributed by atoms with van der Waals surface area (Å²) >= 11 is -10.2. The first kappa shape index (κ1) is 42.4. The average molecular weight is 629 g/mol. The Morgan fingerprint density at radius 2 is 1.19 bits per heavy atom. The quantitative estimate of drug-likeness (QED) is 0.0359. The van der Waals surface area contributed by atoms with Gasteiger partial charge in [-0.1, -0.05) is 0 Å². The Morgan fingerprint density at radius 1 is 0.838 bits per heavy atom. The lowest BCUT2D eigenvalue weighted by Crippen LogP contribution is -2.45. The first-order valence-electron chi connectivity index (χ1n) is 8.69. The summed E-state index contributed by atoms with van der Waals surface area (Å²) in [5, 5.41) is 21.1. The molecule has 8 atom stereocenters. The van der Waals surface area contributed by atoms with Crippen molar-refractivity contribution in [1.82, 2.24) is 0 Å². The van der Waals surface area contributed by atoms with Gasteiger partial charge in [-0.2, -0.15) is 0 Å². The van der Waals surface area contributed by atoms with Gasteiger partial charge in [-0.15, -0.1) is 0 Å². The summed E-state index contributed by atoms with van der Waals surface area (Å²) in [6, 6.07) is 0. The van der Waals surface area contributed by atoms with Gasteiger partial charge in [-0.3, -0.25) is 10.5 Å². The fraction of sp³-hybridized carbons (Fsp3) is 0.692. The minimum Gasteiger partial charge on any atom is -0.466 e. The van der Waals surface area contributed by atoms with Crippen molar-refractivity contribution in [3.05, 3.63) is 0 Å². The van der Waals surface area contributed by atoms with Crippen LogP contribution in [0.5, 0.6) is 0 Å². The fourth-order valence-corrected chi connectivity index (χ4v) is 1.64. The first-order chi connectivity index (χ1) is 16.8. The minimum absolute atomic E-state index is 0.0765. The lowest BCUT2D eigenvalue weighted by atomic mass is 10.7. The van der Waals surface area contributed by atoms with Gasteiger partial charge in [0.15, 0.2) is 39.5 Å². The summed E-state index contributed by atoms with van der Waals surface area (Å²) in [6.45, 7) is 3.35. The average Bonchev–Trinajstić information content (AvgIpc) is 2.83. The zero-order valence-electron chi connectivity index (χ0n) is 19.1. The Balaban J connectivity index is -0.000000197. The number of hydrogen-bond acceptors (Lipinski definition) is 16. The molecule has 222 valence electrons. The van der Waals surface area contributed by atoms with Gasteiger partial charge in [0, 0.05) is 0 Å². The maximum atomic E-state index is 10.5. The maximum absolute atomic E-state index is 10.5. The predicted molar refractivity (Wildman–Crippen MR) is 124 cm³/mol. The van der Waals surface area contributed by atoms with Crippen molar-refractivity contribution in [2.45, 2.75) is 35.2 Å². The van der Waals surface area contributed by atoms with E-state index in [2.05, 4.69) is 19.9 Å². The first-order valence-corrected chi connectivity index (χ1v) is 13.3. The zero-order valence-corrected chi connectivity index (χ0v) is 22.4. The SMILES string of the molecule is CCOC(=O)C(N)S(=O)O.CCOC(=O)C(O)S(=O)O.COC(=O)C(O)S(=O)O.NC(O)(C=O)S(=O)O. The molecule has 0 saturated carbocycles. The summed E-state index contributed by atoms with van der Waals surface area (Å²) in [7, 11) is 1.01. The van der Waals surface area contributed by atoms with Crippen LogP contribution in [0.3, 0.4) is 0 Å². The number of rotatable bonds is 10. The van der Waals surface area contributed by atoms with Crippen LogP contribution in [0.15, 0.2) is 0 Å². The lowest BCUT2D eigenvalue weighted by Gasteiger charge is -2.07. The third-order valence-electron chi connectivity index (χ3n) is 2.46. The minimum atomic E-state index is -2.71. The normalized spacial score (nSPS) is 17.2. The van der Waals surface area contributed by atoms with Gasteiger partial charge >= 0.3 is 17.9 Å². The van der Waals surface area contributed by atoms with Crippen LogP contribution in [-0.4, -0.2) is 116 Å². The highest BCUT2D eigenvalue weighted by Crippen LogP contribution is 1.93. The highest BCUT2D eigenvalue weighted by Gasteiger charge is 2.27. The van der Waals surface area contributed by atoms with E-state index in [1.807, 2.05) is 0 Å². The van der Waals surface area contributed by atoms with Crippen molar-refractivity contribution in [1.29, 1.82) is 0 Å². The van der Waals surface area contributed by atoms with Crippen molar-refractivity contribution in [2.75, 3.05) is 20.3 Å². The predicted octanol–water partition coefficient (Wildman–Crippen LogP) is -5.14. The fourth-order valence-electron chi connectivity index (χ4n) is 0.827. The van der Waals surface area contributed by atoms with E-state index >= 15 is 0 Å².